The summed E-state index contributed by atoms with van der Waals surface area (Å²) in [4.78, 5) is 0. The molecule has 0 atom stereocenters. The minimum atomic E-state index is -3.46. The fourth-order valence-corrected chi connectivity index (χ4v) is 2.35. The van der Waals surface area contributed by atoms with Crippen LogP contribution in [0.4, 0.5) is 5.82 Å². The quantitative estimate of drug-likeness (QED) is 0.701. The lowest BCUT2D eigenvalue weighted by Gasteiger charge is -2.06. The van der Waals surface area contributed by atoms with E-state index in [1.807, 2.05) is 13.8 Å². The van der Waals surface area contributed by atoms with Gasteiger partial charge in [0.1, 0.15) is 0 Å². The number of H-pyrrole nitrogens is 1. The van der Waals surface area contributed by atoms with Gasteiger partial charge in [-0.05, 0) is 26.7 Å². The van der Waals surface area contributed by atoms with Gasteiger partial charge in [-0.2, -0.15) is 18.2 Å². The Morgan fingerprint density at radius 3 is 2.53 bits per heavy atom. The highest BCUT2D eigenvalue weighted by molar-refractivity contribution is 7.90. The number of nitrogens with one attached hydrogen (secondary N) is 3. The first-order chi connectivity index (χ1) is 6.98. The van der Waals surface area contributed by atoms with Crippen LogP contribution in [-0.4, -0.2) is 24.7 Å². The molecule has 2 rings (SSSR count). The highest BCUT2D eigenvalue weighted by Crippen LogP contribution is 2.21. The van der Waals surface area contributed by atoms with Crippen LogP contribution in [0.25, 0.3) is 0 Å². The first-order valence-corrected chi connectivity index (χ1v) is 6.28. The SMILES string of the molecule is Cc1[nH]nc(NS(=O)(=O)NC2CC2)c1C. The summed E-state index contributed by atoms with van der Waals surface area (Å²) in [6, 6.07) is 0.0999. The van der Waals surface area contributed by atoms with Gasteiger partial charge in [-0.15, -0.1) is 0 Å². The van der Waals surface area contributed by atoms with Gasteiger partial charge in [0.2, 0.25) is 0 Å². The van der Waals surface area contributed by atoms with Gasteiger partial charge in [-0.25, -0.2) is 0 Å². The van der Waals surface area contributed by atoms with Crippen molar-refractivity contribution in [2.75, 3.05) is 4.72 Å². The van der Waals surface area contributed by atoms with Crippen LogP contribution in [0, 0.1) is 13.8 Å². The van der Waals surface area contributed by atoms with Gasteiger partial charge in [0.15, 0.2) is 5.82 Å². The topological polar surface area (TPSA) is 86.9 Å². The van der Waals surface area contributed by atoms with Crippen LogP contribution in [0.15, 0.2) is 0 Å². The number of aromatic amines is 1. The zero-order chi connectivity index (χ0) is 11.1. The second-order valence-electron chi connectivity index (χ2n) is 3.82. The average Bonchev–Trinajstić information content (AvgIpc) is 2.88. The van der Waals surface area contributed by atoms with Crippen LogP contribution in [0.2, 0.25) is 0 Å². The summed E-state index contributed by atoms with van der Waals surface area (Å²) in [7, 11) is -3.46. The number of hydrogen-bond donors (Lipinski definition) is 3. The zero-order valence-corrected chi connectivity index (χ0v) is 9.48. The van der Waals surface area contributed by atoms with Crippen molar-refractivity contribution in [3.05, 3.63) is 11.3 Å². The number of aryl methyl sites for hydroxylation is 1. The van der Waals surface area contributed by atoms with Crippen LogP contribution in [0.5, 0.6) is 0 Å². The Hall–Kier alpha value is -1.08. The molecule has 0 unspecified atom stereocenters. The number of rotatable bonds is 4. The minimum Gasteiger partial charge on any atom is -0.280 e. The highest BCUT2D eigenvalue weighted by atomic mass is 32.2. The summed E-state index contributed by atoms with van der Waals surface area (Å²) in [5.74, 6) is 0.362. The monoisotopic (exact) mass is 230 g/mol. The Labute approximate surface area is 88.6 Å². The molecule has 0 aliphatic heterocycles. The van der Waals surface area contributed by atoms with Gasteiger partial charge < -0.3 is 0 Å². The minimum absolute atomic E-state index is 0.0999. The molecule has 1 fully saturated rings. The third-order valence-electron chi connectivity index (χ3n) is 2.38. The van der Waals surface area contributed by atoms with E-state index in [9.17, 15) is 8.42 Å². The Balaban J connectivity index is 2.10. The average molecular weight is 230 g/mol. The summed E-state index contributed by atoms with van der Waals surface area (Å²) in [6.45, 7) is 3.66. The second-order valence-corrected chi connectivity index (χ2v) is 5.27. The van der Waals surface area contributed by atoms with Crippen LogP contribution in [0.3, 0.4) is 0 Å². The lowest BCUT2D eigenvalue weighted by Crippen LogP contribution is -2.32. The molecule has 84 valence electrons. The normalized spacial score (nSPS) is 16.7. The Morgan fingerprint density at radius 2 is 2.07 bits per heavy atom. The maximum absolute atomic E-state index is 11.5. The van der Waals surface area contributed by atoms with Crippen molar-refractivity contribution in [3.8, 4) is 0 Å². The molecule has 0 saturated heterocycles. The molecule has 6 nitrogen and oxygen atoms in total. The van der Waals surface area contributed by atoms with Crippen molar-refractivity contribution in [1.82, 2.24) is 14.9 Å². The van der Waals surface area contributed by atoms with Crippen molar-refractivity contribution in [3.63, 3.8) is 0 Å². The predicted molar refractivity (Wildman–Crippen MR) is 56.8 cm³/mol. The lowest BCUT2D eigenvalue weighted by molar-refractivity contribution is 0.586. The molecule has 1 saturated carbocycles. The van der Waals surface area contributed by atoms with E-state index in [0.717, 1.165) is 24.1 Å². The molecule has 15 heavy (non-hydrogen) atoms. The molecule has 0 bridgehead atoms. The molecule has 1 aromatic rings. The number of anilines is 1. The molecule has 0 spiro atoms. The smallest absolute Gasteiger partial charge is 0.280 e. The van der Waals surface area contributed by atoms with Crippen LogP contribution in [-0.2, 0) is 10.2 Å². The van der Waals surface area contributed by atoms with Crippen LogP contribution >= 0.6 is 0 Å². The van der Waals surface area contributed by atoms with Crippen molar-refractivity contribution >= 4 is 16.0 Å². The van der Waals surface area contributed by atoms with Gasteiger partial charge in [-0.1, -0.05) is 0 Å². The van der Waals surface area contributed by atoms with Crippen molar-refractivity contribution in [2.45, 2.75) is 32.7 Å². The Kier molecular flexibility index (Phi) is 2.43. The standard InChI is InChI=1S/C8H14N4O2S/c1-5-6(2)9-10-8(5)12-15(13,14)11-7-3-4-7/h7,11H,3-4H2,1-2H3,(H2,9,10,12). The molecular weight excluding hydrogens is 216 g/mol. The summed E-state index contributed by atoms with van der Waals surface area (Å²) >= 11 is 0. The van der Waals surface area contributed by atoms with Gasteiger partial charge in [0.25, 0.3) is 0 Å². The molecular formula is C8H14N4O2S. The third-order valence-corrected chi connectivity index (χ3v) is 3.49. The summed E-state index contributed by atoms with van der Waals surface area (Å²) in [6.07, 6.45) is 1.83. The van der Waals surface area contributed by atoms with Gasteiger partial charge in [0, 0.05) is 17.3 Å². The van der Waals surface area contributed by atoms with Gasteiger partial charge in [-0.3, -0.25) is 9.82 Å². The molecule has 7 heteroatoms. The second kappa shape index (κ2) is 3.49. The maximum atomic E-state index is 11.5. The molecule has 0 aromatic carbocycles. The number of nitrogens with zero attached hydrogens (tertiary/aromatic N) is 1. The molecule has 1 heterocycles. The Morgan fingerprint density at radius 1 is 1.40 bits per heavy atom. The summed E-state index contributed by atoms with van der Waals surface area (Å²) in [5, 5.41) is 6.60. The van der Waals surface area contributed by atoms with E-state index in [2.05, 4.69) is 19.6 Å². The first kappa shape index (κ1) is 10.4. The number of hydrogen-bond acceptors (Lipinski definition) is 3. The molecule has 0 amide bonds. The van der Waals surface area contributed by atoms with E-state index in [-0.39, 0.29) is 6.04 Å². The van der Waals surface area contributed by atoms with E-state index in [1.165, 1.54) is 0 Å². The van der Waals surface area contributed by atoms with E-state index in [4.69, 9.17) is 0 Å². The maximum Gasteiger partial charge on any atom is 0.300 e. The predicted octanol–water partition coefficient (Wildman–Crippen LogP) is 0.435. The van der Waals surface area contributed by atoms with E-state index < -0.39 is 10.2 Å². The molecule has 1 aliphatic rings. The molecule has 1 aliphatic carbocycles. The zero-order valence-electron chi connectivity index (χ0n) is 8.66. The summed E-state index contributed by atoms with van der Waals surface area (Å²) in [5.41, 5.74) is 1.68. The van der Waals surface area contributed by atoms with Crippen molar-refractivity contribution < 1.29 is 8.42 Å². The van der Waals surface area contributed by atoms with E-state index in [1.54, 1.807) is 0 Å². The summed E-state index contributed by atoms with van der Waals surface area (Å²) < 4.78 is 28.0. The van der Waals surface area contributed by atoms with Crippen LogP contribution in [0.1, 0.15) is 24.1 Å². The van der Waals surface area contributed by atoms with E-state index in [0.29, 0.717) is 5.82 Å². The largest absolute Gasteiger partial charge is 0.300 e. The highest BCUT2D eigenvalue weighted by Gasteiger charge is 2.27. The van der Waals surface area contributed by atoms with Crippen molar-refractivity contribution in [2.24, 2.45) is 0 Å². The van der Waals surface area contributed by atoms with Gasteiger partial charge >= 0.3 is 10.2 Å². The molecule has 1 aromatic heterocycles. The van der Waals surface area contributed by atoms with Crippen LogP contribution < -0.4 is 9.44 Å². The number of aromatic nitrogens is 2. The van der Waals surface area contributed by atoms with Gasteiger partial charge in [0.05, 0.1) is 0 Å². The Bertz CT molecular complexity index is 461. The lowest BCUT2D eigenvalue weighted by atomic mass is 10.3. The third kappa shape index (κ3) is 2.48. The fourth-order valence-electron chi connectivity index (χ4n) is 1.16. The van der Waals surface area contributed by atoms with Crippen molar-refractivity contribution in [1.29, 1.82) is 0 Å². The van der Waals surface area contributed by atoms with E-state index >= 15 is 0 Å². The first-order valence-electron chi connectivity index (χ1n) is 4.79. The molecule has 0 radical (unpaired) electrons. The molecule has 3 N–H and O–H groups in total. The fraction of sp³-hybridized carbons (Fsp3) is 0.625.